The SMILES string of the molecule is CS(=O)(=O)N1CCC[C@@H]1CNc1nnc(Cc2ccccc2F)s1. The standard InChI is InChI=1S/C15H19FN4O2S2/c1-24(21,22)20-8-4-6-12(20)10-17-15-19-18-14(23-15)9-11-5-2-3-7-13(11)16/h2-3,5,7,12H,4,6,8-10H2,1H3,(H,17,19)/t12-/m1/s1. The summed E-state index contributed by atoms with van der Waals surface area (Å²) < 4.78 is 38.7. The molecule has 1 aromatic heterocycles. The predicted molar refractivity (Wildman–Crippen MR) is 92.2 cm³/mol. The lowest BCUT2D eigenvalue weighted by Gasteiger charge is -2.21. The molecular weight excluding hydrogens is 351 g/mol. The van der Waals surface area contributed by atoms with Crippen LogP contribution in [0.5, 0.6) is 0 Å². The van der Waals surface area contributed by atoms with Gasteiger partial charge in [-0.2, -0.15) is 4.31 Å². The van der Waals surface area contributed by atoms with Gasteiger partial charge in [0.1, 0.15) is 10.8 Å². The van der Waals surface area contributed by atoms with Crippen LogP contribution in [0.15, 0.2) is 24.3 Å². The molecule has 2 aromatic rings. The van der Waals surface area contributed by atoms with Gasteiger partial charge in [0.25, 0.3) is 0 Å². The lowest BCUT2D eigenvalue weighted by atomic mass is 10.1. The molecule has 1 aliphatic rings. The largest absolute Gasteiger partial charge is 0.358 e. The number of hydrogen-bond acceptors (Lipinski definition) is 6. The lowest BCUT2D eigenvalue weighted by Crippen LogP contribution is -2.38. The molecule has 130 valence electrons. The molecule has 24 heavy (non-hydrogen) atoms. The van der Waals surface area contributed by atoms with E-state index in [1.165, 1.54) is 28.0 Å². The van der Waals surface area contributed by atoms with E-state index < -0.39 is 10.0 Å². The van der Waals surface area contributed by atoms with Crippen molar-refractivity contribution in [1.29, 1.82) is 0 Å². The minimum Gasteiger partial charge on any atom is -0.358 e. The summed E-state index contributed by atoms with van der Waals surface area (Å²) in [7, 11) is -3.18. The molecule has 0 unspecified atom stereocenters. The van der Waals surface area contributed by atoms with Crippen LogP contribution in [0.1, 0.15) is 23.4 Å². The molecule has 0 saturated carbocycles. The number of sulfonamides is 1. The number of hydrogen-bond donors (Lipinski definition) is 1. The van der Waals surface area contributed by atoms with E-state index in [0.717, 1.165) is 12.8 Å². The van der Waals surface area contributed by atoms with Gasteiger partial charge in [0, 0.05) is 25.6 Å². The maximum absolute atomic E-state index is 13.7. The van der Waals surface area contributed by atoms with Crippen LogP contribution in [-0.4, -0.2) is 48.3 Å². The highest BCUT2D eigenvalue weighted by Gasteiger charge is 2.31. The van der Waals surface area contributed by atoms with E-state index in [1.807, 2.05) is 0 Å². The zero-order valence-corrected chi connectivity index (χ0v) is 14.9. The third kappa shape index (κ3) is 4.08. The summed E-state index contributed by atoms with van der Waals surface area (Å²) in [6.07, 6.45) is 3.34. The molecular formula is C15H19FN4O2S2. The number of nitrogens with zero attached hydrogens (tertiary/aromatic N) is 3. The number of rotatable bonds is 6. The third-order valence-electron chi connectivity index (χ3n) is 4.00. The van der Waals surface area contributed by atoms with Crippen molar-refractivity contribution >= 4 is 26.5 Å². The summed E-state index contributed by atoms with van der Waals surface area (Å²) in [4.78, 5) is 0. The Morgan fingerprint density at radius 1 is 1.38 bits per heavy atom. The van der Waals surface area contributed by atoms with Gasteiger partial charge in [-0.3, -0.25) is 0 Å². The summed E-state index contributed by atoms with van der Waals surface area (Å²) in [5.41, 5.74) is 0.583. The molecule has 2 heterocycles. The van der Waals surface area contributed by atoms with Crippen LogP contribution in [0.3, 0.4) is 0 Å². The van der Waals surface area contributed by atoms with Crippen LogP contribution < -0.4 is 5.32 Å². The fraction of sp³-hybridized carbons (Fsp3) is 0.467. The fourth-order valence-corrected chi connectivity index (χ4v) is 4.81. The van der Waals surface area contributed by atoms with Crippen LogP contribution in [0, 0.1) is 5.82 Å². The van der Waals surface area contributed by atoms with Gasteiger partial charge in [-0.15, -0.1) is 10.2 Å². The Hall–Kier alpha value is -1.58. The second-order valence-electron chi connectivity index (χ2n) is 5.82. The van der Waals surface area contributed by atoms with Crippen LogP contribution in [-0.2, 0) is 16.4 Å². The van der Waals surface area contributed by atoms with Crippen molar-refractivity contribution in [2.24, 2.45) is 0 Å². The van der Waals surface area contributed by atoms with Crippen molar-refractivity contribution in [3.05, 3.63) is 40.7 Å². The highest BCUT2D eigenvalue weighted by atomic mass is 32.2. The number of nitrogens with one attached hydrogen (secondary N) is 1. The van der Waals surface area contributed by atoms with Crippen LogP contribution >= 0.6 is 11.3 Å². The highest BCUT2D eigenvalue weighted by Crippen LogP contribution is 2.23. The number of benzene rings is 1. The summed E-state index contributed by atoms with van der Waals surface area (Å²) in [6.45, 7) is 1.07. The summed E-state index contributed by atoms with van der Waals surface area (Å²) >= 11 is 1.36. The smallest absolute Gasteiger partial charge is 0.211 e. The Morgan fingerprint density at radius 3 is 2.92 bits per heavy atom. The van der Waals surface area contributed by atoms with E-state index in [4.69, 9.17) is 0 Å². The first-order valence-corrected chi connectivity index (χ1v) is 10.4. The Morgan fingerprint density at radius 2 is 2.17 bits per heavy atom. The first kappa shape index (κ1) is 17.2. The Labute approximate surface area is 144 Å². The van der Waals surface area contributed by atoms with Crippen LogP contribution in [0.2, 0.25) is 0 Å². The number of aromatic nitrogens is 2. The van der Waals surface area contributed by atoms with Gasteiger partial charge in [-0.05, 0) is 24.5 Å². The molecule has 0 spiro atoms. The molecule has 0 radical (unpaired) electrons. The van der Waals surface area contributed by atoms with Crippen LogP contribution in [0.25, 0.3) is 0 Å². The van der Waals surface area contributed by atoms with Gasteiger partial charge in [0.05, 0.1) is 6.26 Å². The van der Waals surface area contributed by atoms with E-state index in [9.17, 15) is 12.8 Å². The first-order valence-electron chi connectivity index (χ1n) is 7.70. The van der Waals surface area contributed by atoms with E-state index >= 15 is 0 Å². The molecule has 0 aliphatic carbocycles. The number of anilines is 1. The van der Waals surface area contributed by atoms with Crippen LogP contribution in [0.4, 0.5) is 9.52 Å². The van der Waals surface area contributed by atoms with E-state index in [-0.39, 0.29) is 11.9 Å². The monoisotopic (exact) mass is 370 g/mol. The molecule has 6 nitrogen and oxygen atoms in total. The molecule has 1 N–H and O–H groups in total. The molecule has 1 saturated heterocycles. The van der Waals surface area contributed by atoms with E-state index in [1.54, 1.807) is 18.2 Å². The maximum Gasteiger partial charge on any atom is 0.211 e. The minimum atomic E-state index is -3.18. The van der Waals surface area contributed by atoms with Gasteiger partial charge in [-0.25, -0.2) is 12.8 Å². The highest BCUT2D eigenvalue weighted by molar-refractivity contribution is 7.88. The Kier molecular flexibility index (Phi) is 5.12. The van der Waals surface area contributed by atoms with Crippen molar-refractivity contribution < 1.29 is 12.8 Å². The third-order valence-corrected chi connectivity index (χ3v) is 6.22. The van der Waals surface area contributed by atoms with Crippen molar-refractivity contribution in [3.8, 4) is 0 Å². The average Bonchev–Trinajstić information content (AvgIpc) is 3.16. The molecule has 3 rings (SSSR count). The van der Waals surface area contributed by atoms with Crippen molar-refractivity contribution in [2.75, 3.05) is 24.7 Å². The summed E-state index contributed by atoms with van der Waals surface area (Å²) in [6, 6.07) is 6.54. The molecule has 0 amide bonds. The van der Waals surface area contributed by atoms with Gasteiger partial charge in [-0.1, -0.05) is 29.5 Å². The molecule has 9 heteroatoms. The van der Waals surface area contributed by atoms with Crippen molar-refractivity contribution in [1.82, 2.24) is 14.5 Å². The zero-order valence-electron chi connectivity index (χ0n) is 13.3. The minimum absolute atomic E-state index is 0.0566. The van der Waals surface area contributed by atoms with Crippen molar-refractivity contribution in [3.63, 3.8) is 0 Å². The first-order chi connectivity index (χ1) is 11.4. The quantitative estimate of drug-likeness (QED) is 0.843. The van der Waals surface area contributed by atoms with Gasteiger partial charge >= 0.3 is 0 Å². The zero-order chi connectivity index (χ0) is 17.2. The van der Waals surface area contributed by atoms with Gasteiger partial charge in [0.2, 0.25) is 15.2 Å². The Bertz CT molecular complexity index is 809. The van der Waals surface area contributed by atoms with Crippen molar-refractivity contribution in [2.45, 2.75) is 25.3 Å². The molecule has 1 atom stereocenters. The Balaban J connectivity index is 1.60. The number of halogens is 1. The topological polar surface area (TPSA) is 75.2 Å². The second-order valence-corrected chi connectivity index (χ2v) is 8.82. The average molecular weight is 370 g/mol. The fourth-order valence-electron chi connectivity index (χ4n) is 2.86. The maximum atomic E-state index is 13.7. The van der Waals surface area contributed by atoms with E-state index in [0.29, 0.717) is 35.2 Å². The normalized spacial score (nSPS) is 18.8. The lowest BCUT2D eigenvalue weighted by molar-refractivity contribution is 0.402. The van der Waals surface area contributed by atoms with Gasteiger partial charge in [0.15, 0.2) is 0 Å². The molecule has 0 bridgehead atoms. The van der Waals surface area contributed by atoms with Gasteiger partial charge < -0.3 is 5.32 Å². The summed E-state index contributed by atoms with van der Waals surface area (Å²) in [5, 5.41) is 12.6. The molecule has 1 aliphatic heterocycles. The molecule has 1 aromatic carbocycles. The predicted octanol–water partition coefficient (Wildman–Crippen LogP) is 2.10. The van der Waals surface area contributed by atoms with E-state index in [2.05, 4.69) is 15.5 Å². The summed E-state index contributed by atoms with van der Waals surface area (Å²) in [5.74, 6) is -0.253. The second kappa shape index (κ2) is 7.12. The molecule has 1 fully saturated rings.